The van der Waals surface area contributed by atoms with Gasteiger partial charge in [0.25, 0.3) is 0 Å². The van der Waals surface area contributed by atoms with E-state index in [0.717, 1.165) is 26.1 Å². The van der Waals surface area contributed by atoms with Gasteiger partial charge in [0, 0.05) is 12.6 Å². The van der Waals surface area contributed by atoms with Crippen molar-refractivity contribution in [1.82, 2.24) is 10.2 Å². The molecule has 1 aromatic carbocycles. The molecule has 19 heavy (non-hydrogen) atoms. The van der Waals surface area contributed by atoms with Gasteiger partial charge < -0.3 is 5.32 Å². The maximum absolute atomic E-state index is 3.37. The van der Waals surface area contributed by atoms with E-state index in [-0.39, 0.29) is 0 Å². The molecule has 2 heteroatoms. The second-order valence-electron chi connectivity index (χ2n) is 5.31. The Morgan fingerprint density at radius 1 is 1.00 bits per heavy atom. The maximum Gasteiger partial charge on any atom is 0.0233 e. The third-order valence-corrected chi connectivity index (χ3v) is 3.86. The van der Waals surface area contributed by atoms with E-state index >= 15 is 0 Å². The van der Waals surface area contributed by atoms with Gasteiger partial charge in [-0.15, -0.1) is 0 Å². The van der Waals surface area contributed by atoms with E-state index < -0.39 is 0 Å². The van der Waals surface area contributed by atoms with E-state index in [0.29, 0.717) is 6.04 Å². The van der Waals surface area contributed by atoms with Crippen LogP contribution in [0.2, 0.25) is 0 Å². The van der Waals surface area contributed by atoms with Crippen molar-refractivity contribution in [2.75, 3.05) is 20.1 Å². The Morgan fingerprint density at radius 2 is 1.58 bits per heavy atom. The van der Waals surface area contributed by atoms with Gasteiger partial charge >= 0.3 is 0 Å². The van der Waals surface area contributed by atoms with Crippen molar-refractivity contribution >= 4 is 0 Å². The largest absolute Gasteiger partial charge is 0.317 e. The molecule has 0 aliphatic carbocycles. The van der Waals surface area contributed by atoms with Crippen molar-refractivity contribution in [3.05, 3.63) is 35.4 Å². The van der Waals surface area contributed by atoms with E-state index in [4.69, 9.17) is 0 Å². The number of likely N-dealkylation sites (N-methyl/N-ethyl adjacent to an activating group) is 1. The number of nitrogens with one attached hydrogen (secondary N) is 1. The van der Waals surface area contributed by atoms with Crippen LogP contribution < -0.4 is 5.32 Å². The van der Waals surface area contributed by atoms with Gasteiger partial charge in [0.1, 0.15) is 0 Å². The number of hydrogen-bond acceptors (Lipinski definition) is 2. The second kappa shape index (κ2) is 9.11. The zero-order chi connectivity index (χ0) is 14.1. The van der Waals surface area contributed by atoms with Crippen LogP contribution in [0.4, 0.5) is 0 Å². The summed E-state index contributed by atoms with van der Waals surface area (Å²) in [4.78, 5) is 2.47. The second-order valence-corrected chi connectivity index (χ2v) is 5.31. The number of hydrogen-bond donors (Lipinski definition) is 1. The van der Waals surface area contributed by atoms with Crippen LogP contribution in [0.1, 0.15) is 44.7 Å². The molecule has 2 nitrogen and oxygen atoms in total. The first-order valence-electron chi connectivity index (χ1n) is 7.70. The molecule has 1 aromatic rings. The predicted octanol–water partition coefficient (Wildman–Crippen LogP) is 3.46. The van der Waals surface area contributed by atoms with E-state index in [1.165, 1.54) is 24.0 Å². The molecule has 0 spiro atoms. The van der Waals surface area contributed by atoms with E-state index in [2.05, 4.69) is 62.3 Å². The van der Waals surface area contributed by atoms with E-state index in [9.17, 15) is 0 Å². The van der Waals surface area contributed by atoms with Gasteiger partial charge in [0.05, 0.1) is 0 Å². The molecule has 0 radical (unpaired) electrons. The Hall–Kier alpha value is -0.860. The summed E-state index contributed by atoms with van der Waals surface area (Å²) in [5.41, 5.74) is 2.84. The molecule has 0 unspecified atom stereocenters. The highest BCUT2D eigenvalue weighted by atomic mass is 15.1. The zero-order valence-corrected chi connectivity index (χ0v) is 13.1. The summed E-state index contributed by atoms with van der Waals surface area (Å²) in [5, 5.41) is 3.37. The summed E-state index contributed by atoms with van der Waals surface area (Å²) in [7, 11) is 2.23. The van der Waals surface area contributed by atoms with E-state index in [1.54, 1.807) is 0 Å². The lowest BCUT2D eigenvalue weighted by Gasteiger charge is -2.26. The van der Waals surface area contributed by atoms with E-state index in [1.807, 2.05) is 0 Å². The summed E-state index contributed by atoms with van der Waals surface area (Å²) in [6, 6.07) is 9.80. The molecule has 0 saturated heterocycles. The fraction of sp³-hybridized carbons (Fsp3) is 0.647. The van der Waals surface area contributed by atoms with Crippen LogP contribution in [-0.2, 0) is 13.0 Å². The Morgan fingerprint density at radius 3 is 2.11 bits per heavy atom. The molecule has 0 heterocycles. The molecule has 0 fully saturated rings. The fourth-order valence-corrected chi connectivity index (χ4v) is 2.55. The minimum atomic E-state index is 0.702. The lowest BCUT2D eigenvalue weighted by Crippen LogP contribution is -2.29. The number of rotatable bonds is 9. The van der Waals surface area contributed by atoms with Crippen molar-refractivity contribution in [2.45, 2.75) is 52.6 Å². The minimum absolute atomic E-state index is 0.702. The molecular formula is C17H30N2. The third-order valence-electron chi connectivity index (χ3n) is 3.86. The monoisotopic (exact) mass is 262 g/mol. The average Bonchev–Trinajstić information content (AvgIpc) is 2.42. The number of benzene rings is 1. The lowest BCUT2D eigenvalue weighted by molar-refractivity contribution is 0.222. The standard InChI is InChI=1S/C17H30N2/c1-5-17(6-2)19(4)14-16-10-8-15(9-11-16)12-13-18-7-3/h8-11,17-18H,5-7,12-14H2,1-4H3. The van der Waals surface area contributed by atoms with Crippen molar-refractivity contribution in [3.8, 4) is 0 Å². The highest BCUT2D eigenvalue weighted by molar-refractivity contribution is 5.22. The van der Waals surface area contributed by atoms with Crippen molar-refractivity contribution < 1.29 is 0 Å². The fourth-order valence-electron chi connectivity index (χ4n) is 2.55. The first-order chi connectivity index (χ1) is 9.21. The minimum Gasteiger partial charge on any atom is -0.317 e. The molecule has 0 aliphatic heterocycles. The molecule has 1 rings (SSSR count). The van der Waals surface area contributed by atoms with Crippen LogP contribution in [-0.4, -0.2) is 31.1 Å². The van der Waals surface area contributed by atoms with Crippen LogP contribution in [0.5, 0.6) is 0 Å². The molecule has 0 saturated carbocycles. The normalized spacial score (nSPS) is 11.5. The number of nitrogens with zero attached hydrogens (tertiary/aromatic N) is 1. The van der Waals surface area contributed by atoms with Crippen LogP contribution in [0.15, 0.2) is 24.3 Å². The van der Waals surface area contributed by atoms with Crippen LogP contribution >= 0.6 is 0 Å². The SMILES string of the molecule is CCNCCc1ccc(CN(C)C(CC)CC)cc1. The smallest absolute Gasteiger partial charge is 0.0233 e. The van der Waals surface area contributed by atoms with Crippen molar-refractivity contribution in [3.63, 3.8) is 0 Å². The highest BCUT2D eigenvalue weighted by Gasteiger charge is 2.10. The third kappa shape index (κ3) is 5.75. The van der Waals surface area contributed by atoms with Gasteiger partial charge in [-0.05, 0) is 50.5 Å². The van der Waals surface area contributed by atoms with Gasteiger partial charge in [-0.1, -0.05) is 45.0 Å². The lowest BCUT2D eigenvalue weighted by atomic mass is 10.1. The molecule has 1 N–H and O–H groups in total. The van der Waals surface area contributed by atoms with Crippen LogP contribution in [0.3, 0.4) is 0 Å². The Balaban J connectivity index is 2.47. The maximum atomic E-state index is 3.37. The Kier molecular flexibility index (Phi) is 7.76. The quantitative estimate of drug-likeness (QED) is 0.686. The molecule has 0 aromatic heterocycles. The summed E-state index contributed by atoms with van der Waals surface area (Å²) in [6.45, 7) is 9.88. The van der Waals surface area contributed by atoms with Gasteiger partial charge in [-0.25, -0.2) is 0 Å². The molecule has 108 valence electrons. The summed E-state index contributed by atoms with van der Waals surface area (Å²) in [6.07, 6.45) is 3.58. The van der Waals surface area contributed by atoms with Crippen molar-refractivity contribution in [1.29, 1.82) is 0 Å². The molecule has 0 bridgehead atoms. The van der Waals surface area contributed by atoms with Gasteiger partial charge in [0.2, 0.25) is 0 Å². The highest BCUT2D eigenvalue weighted by Crippen LogP contribution is 2.12. The molecule has 0 aliphatic rings. The Bertz CT molecular complexity index is 328. The van der Waals surface area contributed by atoms with Crippen LogP contribution in [0, 0.1) is 0 Å². The summed E-state index contributed by atoms with van der Waals surface area (Å²) >= 11 is 0. The molecular weight excluding hydrogens is 232 g/mol. The topological polar surface area (TPSA) is 15.3 Å². The summed E-state index contributed by atoms with van der Waals surface area (Å²) < 4.78 is 0. The molecule has 0 amide bonds. The zero-order valence-electron chi connectivity index (χ0n) is 13.1. The summed E-state index contributed by atoms with van der Waals surface area (Å²) in [5.74, 6) is 0. The van der Waals surface area contributed by atoms with Gasteiger partial charge in [-0.3, -0.25) is 4.90 Å². The van der Waals surface area contributed by atoms with Gasteiger partial charge in [0.15, 0.2) is 0 Å². The first-order valence-corrected chi connectivity index (χ1v) is 7.70. The molecule has 0 atom stereocenters. The predicted molar refractivity (Wildman–Crippen MR) is 84.5 cm³/mol. The van der Waals surface area contributed by atoms with Crippen LogP contribution in [0.25, 0.3) is 0 Å². The first kappa shape index (κ1) is 16.2. The Labute approximate surface area is 119 Å². The van der Waals surface area contributed by atoms with Crippen molar-refractivity contribution in [2.24, 2.45) is 0 Å². The van der Waals surface area contributed by atoms with Gasteiger partial charge in [-0.2, -0.15) is 0 Å². The average molecular weight is 262 g/mol.